The van der Waals surface area contributed by atoms with Crippen LogP contribution in [0.25, 0.3) is 0 Å². The second-order valence-electron chi connectivity index (χ2n) is 9.89. The van der Waals surface area contributed by atoms with E-state index >= 15 is 0 Å². The minimum atomic E-state index is -1.33. The molecule has 0 spiro atoms. The number of nitrogens with one attached hydrogen (secondary N) is 3. The van der Waals surface area contributed by atoms with Gasteiger partial charge in [-0.3, -0.25) is 9.59 Å². The molecule has 0 aliphatic carbocycles. The lowest BCUT2D eigenvalue weighted by Crippen LogP contribution is -2.58. The summed E-state index contributed by atoms with van der Waals surface area (Å²) < 4.78 is 10.0. The molecule has 0 saturated heterocycles. The quantitative estimate of drug-likeness (QED) is 0.327. The number of methoxy groups -OCH3 is 1. The molecule has 0 aliphatic heterocycles. The van der Waals surface area contributed by atoms with Crippen LogP contribution in [0.3, 0.4) is 0 Å². The number of carbonyl (C=O) groups is 4. The van der Waals surface area contributed by atoms with Gasteiger partial charge in [0.05, 0.1) is 13.2 Å². The molecule has 206 valence electrons. The van der Waals surface area contributed by atoms with Crippen LogP contribution in [0, 0.1) is 0 Å². The number of aliphatic hydroxyl groups excluding tert-OH is 1. The molecule has 10 heteroatoms. The van der Waals surface area contributed by atoms with E-state index in [1.807, 2.05) is 36.4 Å². The number of carbonyl (C=O) groups excluding carboxylic acids is 4. The van der Waals surface area contributed by atoms with Crippen molar-refractivity contribution >= 4 is 23.9 Å². The van der Waals surface area contributed by atoms with Gasteiger partial charge in [-0.05, 0) is 38.8 Å². The minimum Gasteiger partial charge on any atom is -0.467 e. The van der Waals surface area contributed by atoms with Crippen LogP contribution >= 0.6 is 0 Å². The van der Waals surface area contributed by atoms with Crippen LogP contribution < -0.4 is 16.0 Å². The van der Waals surface area contributed by atoms with Crippen LogP contribution in [0.1, 0.15) is 38.8 Å². The minimum absolute atomic E-state index is 0.0939. The first kappa shape index (κ1) is 30.3. The van der Waals surface area contributed by atoms with Gasteiger partial charge in [0.1, 0.15) is 17.7 Å². The lowest BCUT2D eigenvalue weighted by Gasteiger charge is -2.27. The van der Waals surface area contributed by atoms with Crippen molar-refractivity contribution in [3.63, 3.8) is 0 Å². The van der Waals surface area contributed by atoms with Gasteiger partial charge in [-0.25, -0.2) is 9.59 Å². The van der Waals surface area contributed by atoms with Gasteiger partial charge in [0.25, 0.3) is 0 Å². The Hall–Kier alpha value is -3.92. The van der Waals surface area contributed by atoms with Gasteiger partial charge in [-0.1, -0.05) is 60.7 Å². The van der Waals surface area contributed by atoms with Gasteiger partial charge >= 0.3 is 12.1 Å². The molecule has 3 amide bonds. The third-order valence-corrected chi connectivity index (χ3v) is 5.44. The molecule has 0 aliphatic rings. The first-order chi connectivity index (χ1) is 17.9. The maximum Gasteiger partial charge on any atom is 0.408 e. The van der Waals surface area contributed by atoms with Crippen molar-refractivity contribution in [2.75, 3.05) is 7.11 Å². The Kier molecular flexibility index (Phi) is 11.3. The van der Waals surface area contributed by atoms with E-state index in [1.54, 1.807) is 45.0 Å². The predicted molar refractivity (Wildman–Crippen MR) is 141 cm³/mol. The molecule has 4 atom stereocenters. The maximum absolute atomic E-state index is 13.5. The lowest BCUT2D eigenvalue weighted by atomic mass is 10.0. The van der Waals surface area contributed by atoms with Gasteiger partial charge in [0, 0.05) is 12.8 Å². The van der Waals surface area contributed by atoms with Crippen LogP contribution in [0.5, 0.6) is 0 Å². The van der Waals surface area contributed by atoms with Crippen LogP contribution in [0.2, 0.25) is 0 Å². The Labute approximate surface area is 223 Å². The monoisotopic (exact) mass is 527 g/mol. The fourth-order valence-electron chi connectivity index (χ4n) is 3.60. The zero-order valence-corrected chi connectivity index (χ0v) is 22.4. The van der Waals surface area contributed by atoms with E-state index in [2.05, 4.69) is 20.7 Å². The van der Waals surface area contributed by atoms with Gasteiger partial charge in [0.15, 0.2) is 6.04 Å². The lowest BCUT2D eigenvalue weighted by molar-refractivity contribution is -0.148. The molecular weight excluding hydrogens is 490 g/mol. The number of hydrogen-bond acceptors (Lipinski definition) is 7. The SMILES string of the molecule is COC(=O)[C@H](NC(=O)[C@H](Cc1ccccc1)NC(=O)[C@H](Cc1ccccc1)NC(=O)OC(C)(C)C)[C@H](C)O. The van der Waals surface area contributed by atoms with E-state index in [9.17, 15) is 24.3 Å². The number of benzene rings is 2. The van der Waals surface area contributed by atoms with Gasteiger partial charge in [-0.2, -0.15) is 0 Å². The Morgan fingerprint density at radius 1 is 0.789 bits per heavy atom. The standard InChI is InChI=1S/C28H37N3O7/c1-18(32)23(26(35)37-5)31-25(34)21(16-19-12-8-6-9-13-19)29-24(33)22(17-20-14-10-7-11-15-20)30-27(36)38-28(2,3)4/h6-15,18,21-23,32H,16-17H2,1-5H3,(H,29,33)(H,30,36)(H,31,34)/t18-,21-,22-,23+/m0/s1. The highest BCUT2D eigenvalue weighted by Crippen LogP contribution is 2.10. The smallest absolute Gasteiger partial charge is 0.408 e. The average molecular weight is 528 g/mol. The van der Waals surface area contributed by atoms with Crippen molar-refractivity contribution in [1.29, 1.82) is 0 Å². The second-order valence-corrected chi connectivity index (χ2v) is 9.89. The summed E-state index contributed by atoms with van der Waals surface area (Å²) >= 11 is 0. The summed E-state index contributed by atoms with van der Waals surface area (Å²) in [6, 6.07) is 14.5. The van der Waals surface area contributed by atoms with Gasteiger partial charge in [-0.15, -0.1) is 0 Å². The van der Waals surface area contributed by atoms with Crippen molar-refractivity contribution in [2.24, 2.45) is 0 Å². The first-order valence-corrected chi connectivity index (χ1v) is 12.3. The highest BCUT2D eigenvalue weighted by atomic mass is 16.6. The molecule has 0 unspecified atom stereocenters. The molecule has 38 heavy (non-hydrogen) atoms. The van der Waals surface area contributed by atoms with E-state index in [4.69, 9.17) is 4.74 Å². The average Bonchev–Trinajstić information content (AvgIpc) is 2.85. The molecule has 10 nitrogen and oxygen atoms in total. The number of ether oxygens (including phenoxy) is 2. The number of alkyl carbamates (subject to hydrolysis) is 1. The van der Waals surface area contributed by atoms with Crippen molar-refractivity contribution in [3.05, 3.63) is 71.8 Å². The zero-order valence-electron chi connectivity index (χ0n) is 22.4. The molecule has 0 aromatic heterocycles. The number of amides is 3. The van der Waals surface area contributed by atoms with Crippen molar-refractivity contribution in [2.45, 2.75) is 70.4 Å². The van der Waals surface area contributed by atoms with E-state index in [0.29, 0.717) is 0 Å². The van der Waals surface area contributed by atoms with Crippen LogP contribution in [-0.4, -0.2) is 65.9 Å². The predicted octanol–water partition coefficient (Wildman–Crippen LogP) is 1.89. The third kappa shape index (κ3) is 10.2. The first-order valence-electron chi connectivity index (χ1n) is 12.3. The Bertz CT molecular complexity index is 1070. The normalized spacial score (nSPS) is 14.3. The summed E-state index contributed by atoms with van der Waals surface area (Å²) in [7, 11) is 1.14. The molecule has 0 heterocycles. The number of aliphatic hydroxyl groups is 1. The molecule has 0 fully saturated rings. The largest absolute Gasteiger partial charge is 0.467 e. The van der Waals surface area contributed by atoms with E-state index < -0.39 is 53.7 Å². The summed E-state index contributed by atoms with van der Waals surface area (Å²) in [5.41, 5.74) is 0.754. The van der Waals surface area contributed by atoms with Gasteiger partial charge < -0.3 is 30.5 Å². The molecular formula is C28H37N3O7. The molecule has 0 radical (unpaired) electrons. The number of esters is 1. The van der Waals surface area contributed by atoms with Gasteiger partial charge in [0.2, 0.25) is 11.8 Å². The summed E-state index contributed by atoms with van der Waals surface area (Å²) in [4.78, 5) is 51.3. The molecule has 2 rings (SSSR count). The van der Waals surface area contributed by atoms with E-state index in [1.165, 1.54) is 6.92 Å². The number of rotatable bonds is 11. The highest BCUT2D eigenvalue weighted by molar-refractivity contribution is 5.93. The summed E-state index contributed by atoms with van der Waals surface area (Å²) in [5.74, 6) is -2.15. The van der Waals surface area contributed by atoms with Crippen LogP contribution in [0.4, 0.5) is 4.79 Å². The summed E-state index contributed by atoms with van der Waals surface area (Å²) in [6.07, 6.45) is -1.78. The van der Waals surface area contributed by atoms with Crippen molar-refractivity contribution in [1.82, 2.24) is 16.0 Å². The molecule has 0 saturated carbocycles. The maximum atomic E-state index is 13.5. The molecule has 2 aromatic carbocycles. The van der Waals surface area contributed by atoms with Crippen LogP contribution in [-0.2, 0) is 36.7 Å². The number of hydrogen-bond donors (Lipinski definition) is 4. The highest BCUT2D eigenvalue weighted by Gasteiger charge is 2.32. The second kappa shape index (κ2) is 14.1. The topological polar surface area (TPSA) is 143 Å². The summed E-state index contributed by atoms with van der Waals surface area (Å²) in [5, 5.41) is 17.8. The zero-order chi connectivity index (χ0) is 28.3. The van der Waals surface area contributed by atoms with Crippen molar-refractivity contribution in [3.8, 4) is 0 Å². The Balaban J connectivity index is 2.30. The van der Waals surface area contributed by atoms with Crippen molar-refractivity contribution < 1.29 is 33.8 Å². The fourth-order valence-corrected chi connectivity index (χ4v) is 3.60. The van der Waals surface area contributed by atoms with E-state index in [0.717, 1.165) is 18.2 Å². The Morgan fingerprint density at radius 3 is 1.66 bits per heavy atom. The molecule has 2 aromatic rings. The third-order valence-electron chi connectivity index (χ3n) is 5.44. The fraction of sp³-hybridized carbons (Fsp3) is 0.429. The molecule has 0 bridgehead atoms. The van der Waals surface area contributed by atoms with Crippen LogP contribution in [0.15, 0.2) is 60.7 Å². The molecule has 4 N–H and O–H groups in total. The Morgan fingerprint density at radius 2 is 1.24 bits per heavy atom. The summed E-state index contributed by atoms with van der Waals surface area (Å²) in [6.45, 7) is 6.46. The van der Waals surface area contributed by atoms with E-state index in [-0.39, 0.29) is 12.8 Å².